The molecule has 0 saturated heterocycles. The van der Waals surface area contributed by atoms with E-state index in [1.165, 1.54) is 11.2 Å². The number of rotatable bonds is 9. The molecule has 1 aliphatic rings. The molecule has 0 fully saturated rings. The van der Waals surface area contributed by atoms with Gasteiger partial charge >= 0.3 is 0 Å². The normalized spacial score (nSPS) is 13.6. The summed E-state index contributed by atoms with van der Waals surface area (Å²) in [6.45, 7) is 7.40. The van der Waals surface area contributed by atoms with Crippen molar-refractivity contribution in [3.63, 3.8) is 0 Å². The summed E-state index contributed by atoms with van der Waals surface area (Å²) >= 11 is 0. The molecule has 2 amide bonds. The molecule has 0 saturated carbocycles. The topological polar surface area (TPSA) is 111 Å². The highest BCUT2D eigenvalue weighted by atomic mass is 16.5. The summed E-state index contributed by atoms with van der Waals surface area (Å²) < 4.78 is 16.8. The summed E-state index contributed by atoms with van der Waals surface area (Å²) in [5.41, 5.74) is 2.83. The Hall–Kier alpha value is -4.14. The smallest absolute Gasteiger partial charge is 0.273 e. The van der Waals surface area contributed by atoms with Gasteiger partial charge in [-0.1, -0.05) is 25.1 Å². The quantitative estimate of drug-likeness (QED) is 0.450. The van der Waals surface area contributed by atoms with E-state index in [1.807, 2.05) is 45.9 Å². The number of ketones is 1. The van der Waals surface area contributed by atoms with Crippen LogP contribution in [-0.2, 0) is 11.3 Å². The number of nitrogens with zero attached hydrogens (tertiary/aromatic N) is 2. The van der Waals surface area contributed by atoms with Gasteiger partial charge in [0.15, 0.2) is 24.7 Å². The van der Waals surface area contributed by atoms with E-state index < -0.39 is 0 Å². The monoisotopic (exact) mass is 491 g/mol. The van der Waals surface area contributed by atoms with Gasteiger partial charge in [-0.3, -0.25) is 19.3 Å². The van der Waals surface area contributed by atoms with Gasteiger partial charge in [0.2, 0.25) is 5.89 Å². The van der Waals surface area contributed by atoms with Gasteiger partial charge in [-0.2, -0.15) is 0 Å². The largest absolute Gasteiger partial charge is 0.485 e. The van der Waals surface area contributed by atoms with E-state index in [2.05, 4.69) is 10.3 Å². The van der Waals surface area contributed by atoms with E-state index in [1.54, 1.807) is 18.2 Å². The summed E-state index contributed by atoms with van der Waals surface area (Å²) in [5.74, 6) is 0.441. The molecule has 1 N–H and O–H groups in total. The van der Waals surface area contributed by atoms with E-state index in [4.69, 9.17) is 13.9 Å². The molecule has 188 valence electrons. The second kappa shape index (κ2) is 10.6. The third kappa shape index (κ3) is 5.40. The van der Waals surface area contributed by atoms with Crippen molar-refractivity contribution < 1.29 is 28.3 Å². The maximum absolute atomic E-state index is 12.9. The number of anilines is 1. The van der Waals surface area contributed by atoms with Gasteiger partial charge in [-0.25, -0.2) is 4.98 Å². The molecule has 36 heavy (non-hydrogen) atoms. The van der Waals surface area contributed by atoms with Gasteiger partial charge in [-0.05, 0) is 56.5 Å². The van der Waals surface area contributed by atoms with Crippen LogP contribution in [-0.4, -0.2) is 41.8 Å². The van der Waals surface area contributed by atoms with Gasteiger partial charge in [0, 0.05) is 11.6 Å². The number of oxazole rings is 1. The number of ether oxygens (including phenoxy) is 2. The zero-order valence-electron chi connectivity index (χ0n) is 20.8. The van der Waals surface area contributed by atoms with Crippen LogP contribution in [0.3, 0.4) is 0 Å². The van der Waals surface area contributed by atoms with Crippen molar-refractivity contribution in [1.29, 1.82) is 0 Å². The lowest BCUT2D eigenvalue weighted by Gasteiger charge is -2.28. The summed E-state index contributed by atoms with van der Waals surface area (Å²) in [6.07, 6.45) is 2.05. The number of nitrogens with one attached hydrogen (secondary N) is 1. The van der Waals surface area contributed by atoms with E-state index in [9.17, 15) is 14.4 Å². The Bertz CT molecular complexity index is 1280. The average molecular weight is 492 g/mol. The first-order valence-electron chi connectivity index (χ1n) is 11.8. The molecule has 1 atom stereocenters. The third-order valence-corrected chi connectivity index (χ3v) is 6.05. The van der Waals surface area contributed by atoms with Crippen molar-refractivity contribution in [2.45, 2.75) is 46.7 Å². The average Bonchev–Trinajstić information content (AvgIpc) is 3.34. The van der Waals surface area contributed by atoms with E-state index in [-0.39, 0.29) is 55.0 Å². The number of carbonyl (C=O) groups is 3. The third-order valence-electron chi connectivity index (χ3n) is 6.05. The van der Waals surface area contributed by atoms with Crippen LogP contribution >= 0.6 is 0 Å². The van der Waals surface area contributed by atoms with Crippen LogP contribution in [0.25, 0.3) is 0 Å². The van der Waals surface area contributed by atoms with E-state index in [0.29, 0.717) is 22.7 Å². The van der Waals surface area contributed by atoms with Gasteiger partial charge in [0.1, 0.15) is 24.3 Å². The molecule has 0 radical (unpaired) electrons. The predicted octanol–water partition coefficient (Wildman–Crippen LogP) is 4.01. The number of aryl methyl sites for hydroxylation is 2. The lowest BCUT2D eigenvalue weighted by atomic mass is 10.1. The van der Waals surface area contributed by atoms with Crippen molar-refractivity contribution in [2.75, 3.05) is 18.1 Å². The minimum atomic E-state index is -0.343. The van der Waals surface area contributed by atoms with Crippen molar-refractivity contribution in [1.82, 2.24) is 10.3 Å². The zero-order valence-corrected chi connectivity index (χ0v) is 20.8. The van der Waals surface area contributed by atoms with Crippen LogP contribution in [0.4, 0.5) is 5.69 Å². The first-order chi connectivity index (χ1) is 17.3. The SMILES string of the molecule is CC[C@H](C)NC(=O)c1coc(CN2C(=O)COc3ccc(C(=O)COc4c(C)cccc4C)cc32)n1. The minimum Gasteiger partial charge on any atom is -0.485 e. The van der Waals surface area contributed by atoms with E-state index in [0.717, 1.165) is 17.5 Å². The summed E-state index contributed by atoms with van der Waals surface area (Å²) in [5, 5.41) is 2.83. The van der Waals surface area contributed by atoms with Crippen LogP contribution in [0.15, 0.2) is 47.1 Å². The van der Waals surface area contributed by atoms with Gasteiger partial charge < -0.3 is 19.2 Å². The number of aromatic nitrogens is 1. The fourth-order valence-electron chi connectivity index (χ4n) is 3.82. The predicted molar refractivity (Wildman–Crippen MR) is 133 cm³/mol. The maximum Gasteiger partial charge on any atom is 0.273 e. The number of Topliss-reactive ketones (excluding diaryl/α,β-unsaturated/α-hetero) is 1. The fourth-order valence-corrected chi connectivity index (χ4v) is 3.82. The van der Waals surface area contributed by atoms with Crippen molar-refractivity contribution >= 4 is 23.3 Å². The summed E-state index contributed by atoms with van der Waals surface area (Å²) in [7, 11) is 0. The van der Waals surface area contributed by atoms with Crippen molar-refractivity contribution in [3.8, 4) is 11.5 Å². The Labute approximate surface area is 209 Å². The lowest BCUT2D eigenvalue weighted by molar-refractivity contribution is -0.121. The molecule has 3 aromatic rings. The summed E-state index contributed by atoms with van der Waals surface area (Å²) in [6, 6.07) is 10.7. The van der Waals surface area contributed by atoms with Crippen LogP contribution in [0.5, 0.6) is 11.5 Å². The zero-order chi connectivity index (χ0) is 25.8. The molecule has 9 heteroatoms. The Morgan fingerprint density at radius 3 is 2.67 bits per heavy atom. The number of benzene rings is 2. The van der Waals surface area contributed by atoms with Crippen molar-refractivity contribution in [2.24, 2.45) is 0 Å². The van der Waals surface area contributed by atoms with Crippen LogP contribution in [0, 0.1) is 13.8 Å². The number of fused-ring (bicyclic) bond motifs is 1. The molecule has 9 nitrogen and oxygen atoms in total. The molecule has 2 aromatic carbocycles. The minimum absolute atomic E-state index is 0.00000572. The molecular weight excluding hydrogens is 462 g/mol. The highest BCUT2D eigenvalue weighted by Gasteiger charge is 2.28. The Morgan fingerprint density at radius 1 is 1.19 bits per heavy atom. The Morgan fingerprint density at radius 2 is 1.94 bits per heavy atom. The van der Waals surface area contributed by atoms with Crippen LogP contribution in [0.2, 0.25) is 0 Å². The maximum atomic E-state index is 12.9. The standard InChI is InChI=1S/C27H29N3O6/c1-5-18(4)28-27(33)20-13-35-24(29-20)12-30-21-11-19(9-10-23(21)34-15-25(30)32)22(31)14-36-26-16(2)7-6-8-17(26)3/h6-11,13,18H,5,12,14-15H2,1-4H3,(H,28,33)/t18-/m0/s1. The van der Waals surface area contributed by atoms with Crippen molar-refractivity contribution in [3.05, 3.63) is 70.9 Å². The number of hydrogen-bond donors (Lipinski definition) is 1. The second-order valence-corrected chi connectivity index (χ2v) is 8.79. The molecule has 4 rings (SSSR count). The fraction of sp³-hybridized carbons (Fsp3) is 0.333. The van der Waals surface area contributed by atoms with Gasteiger partial charge in [-0.15, -0.1) is 0 Å². The van der Waals surface area contributed by atoms with Crippen LogP contribution < -0.4 is 19.7 Å². The van der Waals surface area contributed by atoms with E-state index >= 15 is 0 Å². The highest BCUT2D eigenvalue weighted by molar-refractivity contribution is 6.02. The lowest BCUT2D eigenvalue weighted by Crippen LogP contribution is -2.38. The second-order valence-electron chi connectivity index (χ2n) is 8.79. The molecule has 0 spiro atoms. The highest BCUT2D eigenvalue weighted by Crippen LogP contribution is 2.34. The van der Waals surface area contributed by atoms with Gasteiger partial charge in [0.05, 0.1) is 5.69 Å². The molecular formula is C27H29N3O6. The number of amides is 2. The molecule has 2 heterocycles. The Kier molecular flexibility index (Phi) is 7.38. The molecule has 0 aliphatic carbocycles. The Balaban J connectivity index is 1.51. The first kappa shape index (κ1) is 25.0. The number of hydrogen-bond acceptors (Lipinski definition) is 7. The molecule has 0 unspecified atom stereocenters. The van der Waals surface area contributed by atoms with Crippen LogP contribution in [0.1, 0.15) is 58.1 Å². The first-order valence-corrected chi connectivity index (χ1v) is 11.8. The molecule has 1 aliphatic heterocycles. The number of para-hydroxylation sites is 1. The molecule has 0 bridgehead atoms. The number of carbonyl (C=O) groups excluding carboxylic acids is 3. The van der Waals surface area contributed by atoms with Gasteiger partial charge in [0.25, 0.3) is 11.8 Å². The molecule has 1 aromatic heterocycles. The summed E-state index contributed by atoms with van der Waals surface area (Å²) in [4.78, 5) is 43.6.